The SMILES string of the molecule is CC(C)(C)c1nc2cc(NC(=O)CCCN3C(=O)c4ccccc4N4C(=O)CCC34C)ccc2o1. The van der Waals surface area contributed by atoms with Gasteiger partial charge in [0.1, 0.15) is 11.2 Å². The Kier molecular flexibility index (Phi) is 5.42. The van der Waals surface area contributed by atoms with Gasteiger partial charge in [-0.25, -0.2) is 4.98 Å². The lowest BCUT2D eigenvalue weighted by Crippen LogP contribution is -2.62. The molecule has 1 saturated heterocycles. The van der Waals surface area contributed by atoms with Crippen LogP contribution in [0, 0.1) is 0 Å². The minimum absolute atomic E-state index is 0.0214. The number of nitrogens with zero attached hydrogens (tertiary/aromatic N) is 3. The Bertz CT molecular complexity index is 1340. The lowest BCUT2D eigenvalue weighted by Gasteiger charge is -2.48. The summed E-state index contributed by atoms with van der Waals surface area (Å²) < 4.78 is 5.82. The highest BCUT2D eigenvalue weighted by atomic mass is 16.3. The minimum atomic E-state index is -0.707. The van der Waals surface area contributed by atoms with E-state index in [4.69, 9.17) is 4.42 Å². The van der Waals surface area contributed by atoms with E-state index in [0.717, 1.165) is 0 Å². The highest BCUT2D eigenvalue weighted by Gasteiger charge is 2.52. The van der Waals surface area contributed by atoms with Crippen LogP contribution in [0.5, 0.6) is 0 Å². The van der Waals surface area contributed by atoms with Gasteiger partial charge in [0, 0.05) is 30.5 Å². The Morgan fingerprint density at radius 3 is 2.71 bits per heavy atom. The molecule has 3 aromatic rings. The second-order valence-corrected chi connectivity index (χ2v) is 10.5. The molecule has 3 amide bonds. The van der Waals surface area contributed by atoms with Gasteiger partial charge in [-0.05, 0) is 50.1 Å². The maximum Gasteiger partial charge on any atom is 0.257 e. The molecule has 35 heavy (non-hydrogen) atoms. The molecule has 1 N–H and O–H groups in total. The Morgan fingerprint density at radius 1 is 1.17 bits per heavy atom. The monoisotopic (exact) mass is 474 g/mol. The molecule has 0 aliphatic carbocycles. The maximum atomic E-state index is 13.3. The summed E-state index contributed by atoms with van der Waals surface area (Å²) in [5.41, 5.74) is 2.32. The van der Waals surface area contributed by atoms with Crippen LogP contribution in [-0.2, 0) is 15.0 Å². The first-order valence-electron chi connectivity index (χ1n) is 12.0. The van der Waals surface area contributed by atoms with Gasteiger partial charge in [-0.15, -0.1) is 0 Å². The third-order valence-electron chi connectivity index (χ3n) is 6.84. The van der Waals surface area contributed by atoms with Gasteiger partial charge in [0.2, 0.25) is 17.7 Å². The smallest absolute Gasteiger partial charge is 0.257 e. The van der Waals surface area contributed by atoms with Gasteiger partial charge in [-0.3, -0.25) is 19.3 Å². The van der Waals surface area contributed by atoms with Gasteiger partial charge in [0.05, 0.1) is 11.3 Å². The van der Waals surface area contributed by atoms with E-state index in [9.17, 15) is 14.4 Å². The van der Waals surface area contributed by atoms with Crippen LogP contribution in [0.4, 0.5) is 11.4 Å². The Morgan fingerprint density at radius 2 is 1.94 bits per heavy atom. The van der Waals surface area contributed by atoms with Crippen LogP contribution in [-0.4, -0.2) is 39.8 Å². The molecule has 182 valence electrons. The van der Waals surface area contributed by atoms with Crippen molar-refractivity contribution in [2.24, 2.45) is 0 Å². The first kappa shape index (κ1) is 23.1. The quantitative estimate of drug-likeness (QED) is 0.571. The average Bonchev–Trinajstić information content (AvgIpc) is 3.37. The fourth-order valence-electron chi connectivity index (χ4n) is 4.99. The Balaban J connectivity index is 1.25. The van der Waals surface area contributed by atoms with Crippen LogP contribution in [0.3, 0.4) is 0 Å². The van der Waals surface area contributed by atoms with Crippen molar-refractivity contribution in [1.82, 2.24) is 9.88 Å². The molecule has 2 aromatic carbocycles. The predicted octanol–water partition coefficient (Wildman–Crippen LogP) is 4.84. The highest BCUT2D eigenvalue weighted by molar-refractivity contribution is 6.10. The zero-order chi connectivity index (χ0) is 25.0. The van der Waals surface area contributed by atoms with Crippen molar-refractivity contribution in [3.63, 3.8) is 0 Å². The lowest BCUT2D eigenvalue weighted by atomic mass is 9.97. The normalized spacial score (nSPS) is 19.8. The molecule has 1 fully saturated rings. The number of para-hydroxylation sites is 1. The minimum Gasteiger partial charge on any atom is -0.440 e. The van der Waals surface area contributed by atoms with Gasteiger partial charge < -0.3 is 14.6 Å². The largest absolute Gasteiger partial charge is 0.440 e. The number of anilines is 2. The number of nitrogens with one attached hydrogen (secondary N) is 1. The molecule has 0 spiro atoms. The van der Waals surface area contributed by atoms with Crippen molar-refractivity contribution in [3.05, 3.63) is 53.9 Å². The van der Waals surface area contributed by atoms with Gasteiger partial charge in [-0.2, -0.15) is 0 Å². The highest BCUT2D eigenvalue weighted by Crippen LogP contribution is 2.44. The summed E-state index contributed by atoms with van der Waals surface area (Å²) in [7, 11) is 0. The molecule has 1 unspecified atom stereocenters. The number of aromatic nitrogens is 1. The predicted molar refractivity (Wildman–Crippen MR) is 133 cm³/mol. The van der Waals surface area contributed by atoms with Crippen molar-refractivity contribution in [2.75, 3.05) is 16.8 Å². The molecule has 0 radical (unpaired) electrons. The molecule has 3 heterocycles. The molecule has 8 nitrogen and oxygen atoms in total. The molecule has 0 bridgehead atoms. The van der Waals surface area contributed by atoms with Crippen LogP contribution < -0.4 is 10.2 Å². The van der Waals surface area contributed by atoms with Crippen LogP contribution in [0.25, 0.3) is 11.1 Å². The number of carbonyl (C=O) groups excluding carboxylic acids is 3. The van der Waals surface area contributed by atoms with E-state index in [1.807, 2.05) is 52.0 Å². The van der Waals surface area contributed by atoms with Crippen molar-refractivity contribution >= 4 is 40.2 Å². The topological polar surface area (TPSA) is 95.8 Å². The van der Waals surface area contributed by atoms with E-state index in [1.165, 1.54) is 0 Å². The Labute approximate surface area is 204 Å². The summed E-state index contributed by atoms with van der Waals surface area (Å²) in [4.78, 5) is 46.7. The number of oxazole rings is 1. The van der Waals surface area contributed by atoms with E-state index in [1.54, 1.807) is 28.0 Å². The van der Waals surface area contributed by atoms with E-state index in [-0.39, 0.29) is 29.6 Å². The first-order valence-corrected chi connectivity index (χ1v) is 12.0. The Hall–Kier alpha value is -3.68. The van der Waals surface area contributed by atoms with Crippen molar-refractivity contribution in [1.29, 1.82) is 0 Å². The molecule has 8 heteroatoms. The zero-order valence-electron chi connectivity index (χ0n) is 20.6. The van der Waals surface area contributed by atoms with Gasteiger partial charge in [0.25, 0.3) is 5.91 Å². The van der Waals surface area contributed by atoms with Gasteiger partial charge >= 0.3 is 0 Å². The summed E-state index contributed by atoms with van der Waals surface area (Å²) in [6.07, 6.45) is 1.71. The average molecular weight is 475 g/mol. The van der Waals surface area contributed by atoms with E-state index < -0.39 is 5.66 Å². The molecule has 1 atom stereocenters. The lowest BCUT2D eigenvalue weighted by molar-refractivity contribution is -0.118. The second kappa shape index (κ2) is 8.22. The fraction of sp³-hybridized carbons (Fsp3) is 0.407. The number of benzene rings is 2. The van der Waals surface area contributed by atoms with Crippen molar-refractivity contribution < 1.29 is 18.8 Å². The number of hydrogen-bond donors (Lipinski definition) is 1. The molecule has 2 aliphatic rings. The van der Waals surface area contributed by atoms with Gasteiger partial charge in [-0.1, -0.05) is 32.9 Å². The first-order chi connectivity index (χ1) is 16.6. The molecular formula is C27H30N4O4. The van der Waals surface area contributed by atoms with Crippen molar-refractivity contribution in [3.8, 4) is 0 Å². The number of carbonyl (C=O) groups is 3. The third-order valence-corrected chi connectivity index (χ3v) is 6.84. The molecule has 2 aliphatic heterocycles. The van der Waals surface area contributed by atoms with Crippen LogP contribution in [0.2, 0.25) is 0 Å². The number of fused-ring (bicyclic) bond motifs is 4. The number of rotatable bonds is 5. The summed E-state index contributed by atoms with van der Waals surface area (Å²) in [6.45, 7) is 8.43. The second-order valence-electron chi connectivity index (χ2n) is 10.5. The maximum absolute atomic E-state index is 13.3. The van der Waals surface area contributed by atoms with E-state index >= 15 is 0 Å². The standard InChI is InChI=1S/C27H30N4O4/c1-26(2,3)25-29-19-16-17(11-12-21(19)35-25)28-22(32)10-7-15-30-24(34)18-8-5-6-9-20(18)31-23(33)13-14-27(30,31)4/h5-6,8-9,11-12,16H,7,10,13-15H2,1-4H3,(H,28,32). The summed E-state index contributed by atoms with van der Waals surface area (Å²) in [5, 5.41) is 2.92. The molecular weight excluding hydrogens is 444 g/mol. The van der Waals surface area contributed by atoms with E-state index in [2.05, 4.69) is 10.3 Å². The fourth-order valence-corrected chi connectivity index (χ4v) is 4.99. The van der Waals surface area contributed by atoms with Crippen LogP contribution >= 0.6 is 0 Å². The van der Waals surface area contributed by atoms with Crippen molar-refractivity contribution in [2.45, 2.75) is 64.5 Å². The summed E-state index contributed by atoms with van der Waals surface area (Å²) in [6, 6.07) is 12.7. The summed E-state index contributed by atoms with van der Waals surface area (Å²) in [5.74, 6) is 0.434. The number of hydrogen-bond acceptors (Lipinski definition) is 5. The van der Waals surface area contributed by atoms with E-state index in [0.29, 0.717) is 59.7 Å². The molecule has 5 rings (SSSR count). The van der Waals surface area contributed by atoms with Crippen LogP contribution in [0.1, 0.15) is 69.6 Å². The van der Waals surface area contributed by atoms with Gasteiger partial charge in [0.15, 0.2) is 5.58 Å². The summed E-state index contributed by atoms with van der Waals surface area (Å²) >= 11 is 0. The van der Waals surface area contributed by atoms with Crippen LogP contribution in [0.15, 0.2) is 46.9 Å². The number of amides is 3. The molecule has 0 saturated carbocycles. The zero-order valence-corrected chi connectivity index (χ0v) is 20.6. The molecule has 1 aromatic heterocycles. The third kappa shape index (κ3) is 3.96.